The second kappa shape index (κ2) is 6.50. The average molecular weight is 305 g/mol. The van der Waals surface area contributed by atoms with Crippen LogP contribution in [0.25, 0.3) is 0 Å². The summed E-state index contributed by atoms with van der Waals surface area (Å²) in [5, 5.41) is 3.44. The Morgan fingerprint density at radius 3 is 2.76 bits per heavy atom. The molecule has 0 aliphatic carbocycles. The molecule has 0 radical (unpaired) electrons. The van der Waals surface area contributed by atoms with Gasteiger partial charge in [0.1, 0.15) is 5.75 Å². The molecule has 0 aliphatic rings. The second-order valence-electron chi connectivity index (χ2n) is 4.55. The van der Waals surface area contributed by atoms with Gasteiger partial charge in [0.25, 0.3) is 5.91 Å². The molecular formula is C16H17ClN2O2. The van der Waals surface area contributed by atoms with Crippen LogP contribution in [-0.4, -0.2) is 12.5 Å². The van der Waals surface area contributed by atoms with E-state index in [9.17, 15) is 4.79 Å². The van der Waals surface area contributed by atoms with E-state index >= 15 is 0 Å². The number of anilines is 2. The van der Waals surface area contributed by atoms with Crippen LogP contribution >= 0.6 is 11.6 Å². The highest BCUT2D eigenvalue weighted by atomic mass is 35.5. The SMILES string of the molecule is CCOc1ccc(C(=O)Nc2cccc(Cl)c2C)cc1N. The van der Waals surface area contributed by atoms with E-state index in [2.05, 4.69) is 5.32 Å². The van der Waals surface area contributed by atoms with Gasteiger partial charge in [-0.25, -0.2) is 0 Å². The quantitative estimate of drug-likeness (QED) is 0.842. The number of nitrogens with one attached hydrogen (secondary N) is 1. The van der Waals surface area contributed by atoms with Gasteiger partial charge in [0.15, 0.2) is 0 Å². The maximum Gasteiger partial charge on any atom is 0.255 e. The summed E-state index contributed by atoms with van der Waals surface area (Å²) < 4.78 is 5.35. The minimum absolute atomic E-state index is 0.241. The van der Waals surface area contributed by atoms with E-state index in [0.29, 0.717) is 34.3 Å². The second-order valence-corrected chi connectivity index (χ2v) is 4.96. The molecule has 3 N–H and O–H groups in total. The van der Waals surface area contributed by atoms with E-state index < -0.39 is 0 Å². The van der Waals surface area contributed by atoms with Gasteiger partial charge in [0.2, 0.25) is 0 Å². The Balaban J connectivity index is 2.21. The zero-order valence-electron chi connectivity index (χ0n) is 11.9. The van der Waals surface area contributed by atoms with Gasteiger partial charge in [-0.2, -0.15) is 0 Å². The first-order valence-electron chi connectivity index (χ1n) is 6.61. The Morgan fingerprint density at radius 2 is 2.10 bits per heavy atom. The highest BCUT2D eigenvalue weighted by Gasteiger charge is 2.11. The van der Waals surface area contributed by atoms with E-state index in [1.807, 2.05) is 13.8 Å². The summed E-state index contributed by atoms with van der Waals surface area (Å²) in [5.74, 6) is 0.336. The maximum atomic E-state index is 12.2. The van der Waals surface area contributed by atoms with Crippen molar-refractivity contribution >= 4 is 28.9 Å². The Kier molecular flexibility index (Phi) is 4.70. The van der Waals surface area contributed by atoms with Crippen molar-refractivity contribution in [1.82, 2.24) is 0 Å². The van der Waals surface area contributed by atoms with Crippen molar-refractivity contribution < 1.29 is 9.53 Å². The highest BCUT2D eigenvalue weighted by Crippen LogP contribution is 2.25. The maximum absolute atomic E-state index is 12.2. The summed E-state index contributed by atoms with van der Waals surface area (Å²) in [7, 11) is 0. The summed E-state index contributed by atoms with van der Waals surface area (Å²) in [4.78, 5) is 12.2. The van der Waals surface area contributed by atoms with Crippen molar-refractivity contribution in [2.75, 3.05) is 17.7 Å². The van der Waals surface area contributed by atoms with Crippen LogP contribution in [-0.2, 0) is 0 Å². The van der Waals surface area contributed by atoms with E-state index in [1.165, 1.54) is 0 Å². The molecule has 1 amide bonds. The van der Waals surface area contributed by atoms with Gasteiger partial charge in [-0.3, -0.25) is 4.79 Å². The van der Waals surface area contributed by atoms with Gasteiger partial charge >= 0.3 is 0 Å². The third kappa shape index (κ3) is 3.47. The number of benzene rings is 2. The van der Waals surface area contributed by atoms with Gasteiger partial charge in [-0.05, 0) is 49.7 Å². The molecule has 0 aliphatic heterocycles. The normalized spacial score (nSPS) is 10.2. The third-order valence-electron chi connectivity index (χ3n) is 3.09. The molecule has 21 heavy (non-hydrogen) atoms. The first-order valence-corrected chi connectivity index (χ1v) is 6.99. The first-order chi connectivity index (χ1) is 10.0. The Hall–Kier alpha value is -2.20. The predicted octanol–water partition coefficient (Wildman–Crippen LogP) is 3.88. The van der Waals surface area contributed by atoms with Crippen molar-refractivity contribution in [3.63, 3.8) is 0 Å². The standard InChI is InChI=1S/C16H17ClN2O2/c1-3-21-15-8-7-11(9-13(15)18)16(20)19-14-6-4-5-12(17)10(14)2/h4-9H,3,18H2,1-2H3,(H,19,20). The number of hydrogen-bond acceptors (Lipinski definition) is 3. The minimum atomic E-state index is -0.241. The number of amides is 1. The van der Waals surface area contributed by atoms with E-state index in [4.69, 9.17) is 22.1 Å². The first kappa shape index (κ1) is 15.2. The molecule has 110 valence electrons. The molecule has 0 saturated heterocycles. The van der Waals surface area contributed by atoms with Gasteiger partial charge in [0.05, 0.1) is 12.3 Å². The zero-order chi connectivity index (χ0) is 15.4. The van der Waals surface area contributed by atoms with Gasteiger partial charge in [-0.15, -0.1) is 0 Å². The summed E-state index contributed by atoms with van der Waals surface area (Å²) in [5.41, 5.74) is 8.28. The van der Waals surface area contributed by atoms with Crippen LogP contribution in [0, 0.1) is 6.92 Å². The molecule has 0 unspecified atom stereocenters. The number of halogens is 1. The smallest absolute Gasteiger partial charge is 0.255 e. The molecule has 2 aromatic rings. The molecule has 0 saturated carbocycles. The fourth-order valence-corrected chi connectivity index (χ4v) is 2.09. The molecule has 5 heteroatoms. The lowest BCUT2D eigenvalue weighted by Crippen LogP contribution is -2.13. The lowest BCUT2D eigenvalue weighted by molar-refractivity contribution is 0.102. The highest BCUT2D eigenvalue weighted by molar-refractivity contribution is 6.31. The van der Waals surface area contributed by atoms with Crippen LogP contribution in [0.15, 0.2) is 36.4 Å². The van der Waals surface area contributed by atoms with Crippen molar-refractivity contribution in [2.45, 2.75) is 13.8 Å². The summed E-state index contributed by atoms with van der Waals surface area (Å²) in [6.45, 7) is 4.25. The van der Waals surface area contributed by atoms with Crippen LogP contribution in [0.1, 0.15) is 22.8 Å². The van der Waals surface area contributed by atoms with Crippen LogP contribution in [0.4, 0.5) is 11.4 Å². The molecular weight excluding hydrogens is 288 g/mol. The molecule has 0 heterocycles. The van der Waals surface area contributed by atoms with Crippen molar-refractivity contribution in [2.24, 2.45) is 0 Å². The largest absolute Gasteiger partial charge is 0.492 e. The summed E-state index contributed by atoms with van der Waals surface area (Å²) in [6.07, 6.45) is 0. The van der Waals surface area contributed by atoms with Crippen LogP contribution in [0.2, 0.25) is 5.02 Å². The zero-order valence-corrected chi connectivity index (χ0v) is 12.7. The molecule has 0 spiro atoms. The molecule has 2 rings (SSSR count). The number of rotatable bonds is 4. The number of carbonyl (C=O) groups is 1. The van der Waals surface area contributed by atoms with E-state index in [0.717, 1.165) is 5.56 Å². The summed E-state index contributed by atoms with van der Waals surface area (Å²) >= 11 is 6.04. The lowest BCUT2D eigenvalue weighted by Gasteiger charge is -2.11. The van der Waals surface area contributed by atoms with Crippen molar-refractivity contribution in [3.05, 3.63) is 52.5 Å². The topological polar surface area (TPSA) is 64.3 Å². The number of nitrogen functional groups attached to an aromatic ring is 1. The fraction of sp³-hybridized carbons (Fsp3) is 0.188. The van der Waals surface area contributed by atoms with Crippen LogP contribution in [0.5, 0.6) is 5.75 Å². The molecule has 0 fully saturated rings. The van der Waals surface area contributed by atoms with E-state index in [-0.39, 0.29) is 5.91 Å². The Labute approximate surface area is 128 Å². The van der Waals surface area contributed by atoms with Crippen molar-refractivity contribution in [3.8, 4) is 5.75 Å². The molecule has 4 nitrogen and oxygen atoms in total. The van der Waals surface area contributed by atoms with Crippen LogP contribution < -0.4 is 15.8 Å². The van der Waals surface area contributed by atoms with Gasteiger partial charge in [-0.1, -0.05) is 17.7 Å². The predicted molar refractivity (Wildman–Crippen MR) is 86.2 cm³/mol. The van der Waals surface area contributed by atoms with Gasteiger partial charge in [0, 0.05) is 16.3 Å². The Morgan fingerprint density at radius 1 is 1.33 bits per heavy atom. The molecule has 2 aromatic carbocycles. The molecule has 0 atom stereocenters. The van der Waals surface area contributed by atoms with Gasteiger partial charge < -0.3 is 15.8 Å². The minimum Gasteiger partial charge on any atom is -0.492 e. The molecule has 0 aromatic heterocycles. The average Bonchev–Trinajstić information content (AvgIpc) is 2.46. The number of nitrogens with two attached hydrogens (primary N) is 1. The summed E-state index contributed by atoms with van der Waals surface area (Å²) in [6, 6.07) is 10.3. The fourth-order valence-electron chi connectivity index (χ4n) is 1.91. The lowest BCUT2D eigenvalue weighted by atomic mass is 10.1. The van der Waals surface area contributed by atoms with Crippen LogP contribution in [0.3, 0.4) is 0 Å². The number of ether oxygens (including phenoxy) is 1. The Bertz CT molecular complexity index is 671. The monoisotopic (exact) mass is 304 g/mol. The van der Waals surface area contributed by atoms with Crippen molar-refractivity contribution in [1.29, 1.82) is 0 Å². The number of carbonyl (C=O) groups excluding carboxylic acids is 1. The van der Waals surface area contributed by atoms with E-state index in [1.54, 1.807) is 36.4 Å². The molecule has 0 bridgehead atoms. The third-order valence-corrected chi connectivity index (χ3v) is 3.50. The number of hydrogen-bond donors (Lipinski definition) is 2.